The number of benzene rings is 2. The van der Waals surface area contributed by atoms with Crippen LogP contribution in [0.3, 0.4) is 0 Å². The highest BCUT2D eigenvalue weighted by molar-refractivity contribution is 5.28. The van der Waals surface area contributed by atoms with E-state index in [1.54, 1.807) is 0 Å². The van der Waals surface area contributed by atoms with Gasteiger partial charge in [0.1, 0.15) is 12.4 Å². The standard InChI is InChI=1S/C19H25NO/c1-19(2,3)16-11-9-15(10-12-16)13-17(20)14-21-18-7-5-4-6-8-18/h4-12,17H,13-14,20H2,1-3H3. The monoisotopic (exact) mass is 283 g/mol. The second-order valence-electron chi connectivity index (χ2n) is 6.54. The van der Waals surface area contributed by atoms with Crippen LogP contribution in [-0.4, -0.2) is 12.6 Å². The summed E-state index contributed by atoms with van der Waals surface area (Å²) in [7, 11) is 0. The van der Waals surface area contributed by atoms with Gasteiger partial charge in [0, 0.05) is 6.04 Å². The molecule has 0 fully saturated rings. The number of rotatable bonds is 5. The fourth-order valence-corrected chi connectivity index (χ4v) is 2.22. The third-order valence-corrected chi connectivity index (χ3v) is 3.53. The zero-order chi connectivity index (χ0) is 15.3. The highest BCUT2D eigenvalue weighted by atomic mass is 16.5. The second-order valence-corrected chi connectivity index (χ2v) is 6.54. The maximum absolute atomic E-state index is 6.15. The Balaban J connectivity index is 1.86. The van der Waals surface area contributed by atoms with E-state index in [-0.39, 0.29) is 11.5 Å². The topological polar surface area (TPSA) is 35.2 Å². The summed E-state index contributed by atoms with van der Waals surface area (Å²) in [4.78, 5) is 0. The maximum Gasteiger partial charge on any atom is 0.119 e. The molecule has 2 nitrogen and oxygen atoms in total. The third kappa shape index (κ3) is 4.91. The van der Waals surface area contributed by atoms with Gasteiger partial charge in [-0.3, -0.25) is 0 Å². The Labute approximate surface area is 127 Å². The Morgan fingerprint density at radius 3 is 2.14 bits per heavy atom. The van der Waals surface area contributed by atoms with Gasteiger partial charge in [-0.25, -0.2) is 0 Å². The summed E-state index contributed by atoms with van der Waals surface area (Å²) in [6, 6.07) is 18.5. The number of para-hydroxylation sites is 1. The van der Waals surface area contributed by atoms with Crippen molar-refractivity contribution in [3.05, 3.63) is 65.7 Å². The minimum absolute atomic E-state index is 0.00527. The van der Waals surface area contributed by atoms with E-state index in [2.05, 4.69) is 45.0 Å². The zero-order valence-electron chi connectivity index (χ0n) is 13.2. The first-order valence-electron chi connectivity index (χ1n) is 7.48. The normalized spacial score (nSPS) is 13.0. The van der Waals surface area contributed by atoms with Crippen molar-refractivity contribution >= 4 is 0 Å². The van der Waals surface area contributed by atoms with E-state index in [4.69, 9.17) is 10.5 Å². The molecule has 1 unspecified atom stereocenters. The number of hydrogen-bond acceptors (Lipinski definition) is 2. The van der Waals surface area contributed by atoms with Gasteiger partial charge in [-0.15, -0.1) is 0 Å². The summed E-state index contributed by atoms with van der Waals surface area (Å²) < 4.78 is 5.69. The summed E-state index contributed by atoms with van der Waals surface area (Å²) >= 11 is 0. The smallest absolute Gasteiger partial charge is 0.119 e. The molecule has 0 bridgehead atoms. The van der Waals surface area contributed by atoms with Crippen molar-refractivity contribution in [3.63, 3.8) is 0 Å². The minimum Gasteiger partial charge on any atom is -0.492 e. The van der Waals surface area contributed by atoms with Crippen molar-refractivity contribution in [2.45, 2.75) is 38.6 Å². The highest BCUT2D eigenvalue weighted by Gasteiger charge is 2.13. The quantitative estimate of drug-likeness (QED) is 0.902. The number of nitrogens with two attached hydrogens (primary N) is 1. The Bertz CT molecular complexity index is 540. The average molecular weight is 283 g/mol. The van der Waals surface area contributed by atoms with Crippen molar-refractivity contribution < 1.29 is 4.74 Å². The molecule has 0 saturated carbocycles. The van der Waals surface area contributed by atoms with Crippen LogP contribution in [0, 0.1) is 0 Å². The maximum atomic E-state index is 6.15. The van der Waals surface area contributed by atoms with Crippen LogP contribution in [0.5, 0.6) is 5.75 Å². The fourth-order valence-electron chi connectivity index (χ4n) is 2.22. The van der Waals surface area contributed by atoms with Crippen LogP contribution in [0.25, 0.3) is 0 Å². The first kappa shape index (κ1) is 15.6. The average Bonchev–Trinajstić information content (AvgIpc) is 2.46. The molecule has 2 N–H and O–H groups in total. The predicted molar refractivity (Wildman–Crippen MR) is 88.8 cm³/mol. The van der Waals surface area contributed by atoms with Crippen molar-refractivity contribution in [2.24, 2.45) is 5.73 Å². The molecule has 0 spiro atoms. The summed E-state index contributed by atoms with van der Waals surface area (Å²) in [5, 5.41) is 0. The Kier molecular flexibility index (Phi) is 5.03. The molecule has 0 aliphatic heterocycles. The van der Waals surface area contributed by atoms with Crippen LogP contribution < -0.4 is 10.5 Å². The molecule has 2 heteroatoms. The summed E-state index contributed by atoms with van der Waals surface area (Å²) in [5.74, 6) is 0.871. The van der Waals surface area contributed by atoms with E-state index >= 15 is 0 Å². The summed E-state index contributed by atoms with van der Waals surface area (Å²) in [6.07, 6.45) is 0.831. The molecule has 0 saturated heterocycles. The third-order valence-electron chi connectivity index (χ3n) is 3.53. The second kappa shape index (κ2) is 6.77. The van der Waals surface area contributed by atoms with E-state index in [1.807, 2.05) is 30.3 Å². The van der Waals surface area contributed by atoms with Gasteiger partial charge in [-0.2, -0.15) is 0 Å². The van der Waals surface area contributed by atoms with Gasteiger partial charge in [0.25, 0.3) is 0 Å². The van der Waals surface area contributed by atoms with Crippen molar-refractivity contribution in [1.29, 1.82) is 0 Å². The SMILES string of the molecule is CC(C)(C)c1ccc(CC(N)COc2ccccc2)cc1. The zero-order valence-corrected chi connectivity index (χ0v) is 13.2. The van der Waals surface area contributed by atoms with Crippen molar-refractivity contribution in [2.75, 3.05) is 6.61 Å². The summed E-state index contributed by atoms with van der Waals surface area (Å²) in [6.45, 7) is 7.20. The Morgan fingerprint density at radius 1 is 0.952 bits per heavy atom. The molecule has 2 aromatic carbocycles. The molecular weight excluding hydrogens is 258 g/mol. The van der Waals surface area contributed by atoms with E-state index in [0.717, 1.165) is 12.2 Å². The number of ether oxygens (including phenoxy) is 1. The first-order chi connectivity index (χ1) is 9.95. The Hall–Kier alpha value is -1.80. The molecule has 0 heterocycles. The van der Waals surface area contributed by atoms with Crippen LogP contribution in [-0.2, 0) is 11.8 Å². The van der Waals surface area contributed by atoms with E-state index in [9.17, 15) is 0 Å². The lowest BCUT2D eigenvalue weighted by Crippen LogP contribution is -2.30. The van der Waals surface area contributed by atoms with Gasteiger partial charge >= 0.3 is 0 Å². The molecule has 2 aromatic rings. The number of hydrogen-bond donors (Lipinski definition) is 1. The van der Waals surface area contributed by atoms with Crippen molar-refractivity contribution in [3.8, 4) is 5.75 Å². The van der Waals surface area contributed by atoms with E-state index in [1.165, 1.54) is 11.1 Å². The fraction of sp³-hybridized carbons (Fsp3) is 0.368. The van der Waals surface area contributed by atoms with E-state index in [0.29, 0.717) is 6.61 Å². The van der Waals surface area contributed by atoms with Crippen LogP contribution in [0.4, 0.5) is 0 Å². The molecule has 0 amide bonds. The molecular formula is C19H25NO. The molecule has 112 valence electrons. The molecule has 2 rings (SSSR count). The lowest BCUT2D eigenvalue weighted by Gasteiger charge is -2.19. The molecule has 0 aliphatic carbocycles. The molecule has 1 atom stereocenters. The molecule has 0 aromatic heterocycles. The lowest BCUT2D eigenvalue weighted by molar-refractivity contribution is 0.287. The van der Waals surface area contributed by atoms with Crippen LogP contribution in [0.15, 0.2) is 54.6 Å². The highest BCUT2D eigenvalue weighted by Crippen LogP contribution is 2.22. The summed E-state index contributed by atoms with van der Waals surface area (Å²) in [5.41, 5.74) is 8.95. The van der Waals surface area contributed by atoms with E-state index < -0.39 is 0 Å². The van der Waals surface area contributed by atoms with Crippen molar-refractivity contribution in [1.82, 2.24) is 0 Å². The van der Waals surface area contributed by atoms with Gasteiger partial charge in [0.2, 0.25) is 0 Å². The van der Waals surface area contributed by atoms with Gasteiger partial charge in [-0.05, 0) is 35.1 Å². The molecule has 0 aliphatic rings. The first-order valence-corrected chi connectivity index (χ1v) is 7.48. The van der Waals surface area contributed by atoms with Crippen LogP contribution in [0.1, 0.15) is 31.9 Å². The minimum atomic E-state index is 0.00527. The Morgan fingerprint density at radius 2 is 1.57 bits per heavy atom. The van der Waals surface area contributed by atoms with Crippen LogP contribution >= 0.6 is 0 Å². The largest absolute Gasteiger partial charge is 0.492 e. The van der Waals surface area contributed by atoms with Gasteiger partial charge in [0.05, 0.1) is 0 Å². The van der Waals surface area contributed by atoms with Gasteiger partial charge < -0.3 is 10.5 Å². The molecule has 21 heavy (non-hydrogen) atoms. The van der Waals surface area contributed by atoms with Crippen LogP contribution in [0.2, 0.25) is 0 Å². The van der Waals surface area contributed by atoms with Gasteiger partial charge in [-0.1, -0.05) is 63.2 Å². The lowest BCUT2D eigenvalue weighted by atomic mass is 9.86. The van der Waals surface area contributed by atoms with Gasteiger partial charge in [0.15, 0.2) is 0 Å². The predicted octanol–water partition coefficient (Wildman–Crippen LogP) is 3.93. The molecule has 0 radical (unpaired) electrons.